The highest BCUT2D eigenvalue weighted by molar-refractivity contribution is 6.33. The lowest BCUT2D eigenvalue weighted by atomic mass is 9.71. The third kappa shape index (κ3) is 2.74. The van der Waals surface area contributed by atoms with Crippen LogP contribution in [0.3, 0.4) is 0 Å². The van der Waals surface area contributed by atoms with E-state index in [0.29, 0.717) is 35.8 Å². The summed E-state index contributed by atoms with van der Waals surface area (Å²) in [5.74, 6) is 0.180. The molecule has 114 valence electrons. The number of fused-ring (bicyclic) bond motifs is 1. The maximum Gasteiger partial charge on any atom is 0.253 e. The Morgan fingerprint density at radius 3 is 2.95 bits per heavy atom. The number of aliphatic hydroxyl groups is 1. The number of rotatable bonds is 1. The monoisotopic (exact) mass is 308 g/mol. The Morgan fingerprint density at radius 1 is 1.38 bits per heavy atom. The molecule has 2 fully saturated rings. The molecule has 3 rings (SSSR count). The molecule has 1 aliphatic heterocycles. The van der Waals surface area contributed by atoms with Gasteiger partial charge < -0.3 is 15.7 Å². The third-order valence-electron chi connectivity index (χ3n) is 4.96. The minimum absolute atomic E-state index is 0.0222. The molecule has 1 saturated heterocycles. The number of piperidine rings is 1. The number of amides is 1. The summed E-state index contributed by atoms with van der Waals surface area (Å²) in [4.78, 5) is 14.4. The fourth-order valence-electron chi connectivity index (χ4n) is 3.61. The second-order valence-electron chi connectivity index (χ2n) is 6.28. The van der Waals surface area contributed by atoms with Crippen LogP contribution in [0.1, 0.15) is 42.5 Å². The third-order valence-corrected chi connectivity index (χ3v) is 5.30. The first-order valence-corrected chi connectivity index (χ1v) is 7.94. The molecule has 3 N–H and O–H groups in total. The van der Waals surface area contributed by atoms with Gasteiger partial charge in [0.2, 0.25) is 0 Å². The highest BCUT2D eigenvalue weighted by Gasteiger charge is 2.43. The fourth-order valence-corrected chi connectivity index (χ4v) is 3.73. The van der Waals surface area contributed by atoms with Crippen LogP contribution in [0.2, 0.25) is 5.02 Å². The first-order valence-electron chi connectivity index (χ1n) is 7.56. The molecular formula is C16H21ClN2O2. The SMILES string of the molecule is Nc1cc(C(=O)N2CCC3(O)CCCCC3C2)ccc1Cl. The number of nitrogen functional groups attached to an aromatic ring is 1. The van der Waals surface area contributed by atoms with Gasteiger partial charge in [0.25, 0.3) is 5.91 Å². The molecule has 2 unspecified atom stereocenters. The predicted molar refractivity (Wildman–Crippen MR) is 83.3 cm³/mol. The average molecular weight is 309 g/mol. The van der Waals surface area contributed by atoms with E-state index in [9.17, 15) is 9.90 Å². The van der Waals surface area contributed by atoms with Crippen LogP contribution in [0.5, 0.6) is 0 Å². The number of benzene rings is 1. The van der Waals surface area contributed by atoms with Crippen molar-refractivity contribution in [2.24, 2.45) is 5.92 Å². The number of nitrogens with zero attached hydrogens (tertiary/aromatic N) is 1. The molecule has 1 aromatic carbocycles. The molecule has 2 atom stereocenters. The molecule has 1 heterocycles. The molecule has 0 spiro atoms. The standard InChI is InChI=1S/C16H21ClN2O2/c17-13-5-4-11(9-14(13)18)15(20)19-8-7-16(21)6-2-1-3-12(16)10-19/h4-5,9,12,21H,1-3,6-8,10,18H2. The zero-order chi connectivity index (χ0) is 15.0. The van der Waals surface area contributed by atoms with Gasteiger partial charge in [-0.1, -0.05) is 24.4 Å². The van der Waals surface area contributed by atoms with E-state index >= 15 is 0 Å². The lowest BCUT2D eigenvalue weighted by molar-refractivity contribution is -0.0886. The normalized spacial score (nSPS) is 29.0. The van der Waals surface area contributed by atoms with Crippen LogP contribution in [0.15, 0.2) is 18.2 Å². The summed E-state index contributed by atoms with van der Waals surface area (Å²) in [6.45, 7) is 1.24. The van der Waals surface area contributed by atoms with Crippen LogP contribution < -0.4 is 5.73 Å². The van der Waals surface area contributed by atoms with Crippen molar-refractivity contribution in [2.75, 3.05) is 18.8 Å². The second-order valence-corrected chi connectivity index (χ2v) is 6.69. The molecule has 0 bridgehead atoms. The summed E-state index contributed by atoms with van der Waals surface area (Å²) in [6, 6.07) is 5.00. The Hall–Kier alpha value is -1.26. The summed E-state index contributed by atoms with van der Waals surface area (Å²) in [6.07, 6.45) is 4.78. The fraction of sp³-hybridized carbons (Fsp3) is 0.562. The summed E-state index contributed by atoms with van der Waals surface area (Å²) >= 11 is 5.90. The second kappa shape index (κ2) is 5.50. The van der Waals surface area contributed by atoms with Gasteiger partial charge >= 0.3 is 0 Å². The number of nitrogens with two attached hydrogens (primary N) is 1. The van der Waals surface area contributed by atoms with Gasteiger partial charge in [0.05, 0.1) is 16.3 Å². The lowest BCUT2D eigenvalue weighted by Gasteiger charge is -2.47. The lowest BCUT2D eigenvalue weighted by Crippen LogP contribution is -2.54. The number of halogens is 1. The van der Waals surface area contributed by atoms with Crippen LogP contribution in [-0.2, 0) is 0 Å². The smallest absolute Gasteiger partial charge is 0.253 e. The van der Waals surface area contributed by atoms with Crippen LogP contribution in [-0.4, -0.2) is 34.6 Å². The number of carbonyl (C=O) groups excluding carboxylic acids is 1. The summed E-state index contributed by atoms with van der Waals surface area (Å²) in [5, 5.41) is 11.1. The Bertz CT molecular complexity index is 563. The highest BCUT2D eigenvalue weighted by Crippen LogP contribution is 2.40. The van der Waals surface area contributed by atoms with E-state index in [4.69, 9.17) is 17.3 Å². The van der Waals surface area contributed by atoms with Crippen molar-refractivity contribution in [1.82, 2.24) is 4.90 Å². The van der Waals surface area contributed by atoms with Crippen LogP contribution >= 0.6 is 11.6 Å². The number of hydrogen-bond donors (Lipinski definition) is 2. The first-order chi connectivity index (χ1) is 9.99. The molecule has 2 aliphatic rings. The molecule has 21 heavy (non-hydrogen) atoms. The highest BCUT2D eigenvalue weighted by atomic mass is 35.5. The van der Waals surface area contributed by atoms with Gasteiger partial charge in [-0.15, -0.1) is 0 Å². The molecule has 0 aromatic heterocycles. The molecule has 0 radical (unpaired) electrons. The van der Waals surface area contributed by atoms with Gasteiger partial charge in [0.1, 0.15) is 0 Å². The molecule has 1 aromatic rings. The number of anilines is 1. The van der Waals surface area contributed by atoms with Crippen LogP contribution in [0.4, 0.5) is 5.69 Å². The van der Waals surface area contributed by atoms with Gasteiger partial charge in [-0.2, -0.15) is 0 Å². The minimum atomic E-state index is -0.561. The van der Waals surface area contributed by atoms with Crippen molar-refractivity contribution in [3.05, 3.63) is 28.8 Å². The average Bonchev–Trinajstić information content (AvgIpc) is 2.48. The van der Waals surface area contributed by atoms with E-state index in [1.165, 1.54) is 0 Å². The number of carbonyl (C=O) groups is 1. The van der Waals surface area contributed by atoms with Crippen molar-refractivity contribution >= 4 is 23.2 Å². The van der Waals surface area contributed by atoms with Crippen molar-refractivity contribution in [3.8, 4) is 0 Å². The van der Waals surface area contributed by atoms with Crippen LogP contribution in [0, 0.1) is 5.92 Å². The zero-order valence-electron chi connectivity index (χ0n) is 12.0. The van der Waals surface area contributed by atoms with Gasteiger partial charge in [-0.05, 0) is 37.5 Å². The number of hydrogen-bond acceptors (Lipinski definition) is 3. The van der Waals surface area contributed by atoms with Crippen molar-refractivity contribution in [1.29, 1.82) is 0 Å². The summed E-state index contributed by atoms with van der Waals surface area (Å²) in [7, 11) is 0. The van der Waals surface area contributed by atoms with Gasteiger partial charge in [-0.25, -0.2) is 0 Å². The quantitative estimate of drug-likeness (QED) is 0.784. The van der Waals surface area contributed by atoms with E-state index < -0.39 is 5.60 Å². The van der Waals surface area contributed by atoms with E-state index in [-0.39, 0.29) is 11.8 Å². The zero-order valence-corrected chi connectivity index (χ0v) is 12.8. The van der Waals surface area contributed by atoms with Gasteiger partial charge in [-0.3, -0.25) is 4.79 Å². The molecule has 1 amide bonds. The van der Waals surface area contributed by atoms with Gasteiger partial charge in [0, 0.05) is 24.6 Å². The van der Waals surface area contributed by atoms with E-state index in [0.717, 1.165) is 25.7 Å². The maximum atomic E-state index is 12.6. The Labute approximate surface area is 129 Å². The summed E-state index contributed by atoms with van der Waals surface area (Å²) < 4.78 is 0. The Kier molecular flexibility index (Phi) is 3.84. The number of likely N-dealkylation sites (tertiary alicyclic amines) is 1. The largest absolute Gasteiger partial charge is 0.398 e. The molecular weight excluding hydrogens is 288 g/mol. The van der Waals surface area contributed by atoms with Crippen LogP contribution in [0.25, 0.3) is 0 Å². The van der Waals surface area contributed by atoms with Gasteiger partial charge in [0.15, 0.2) is 0 Å². The molecule has 1 saturated carbocycles. The van der Waals surface area contributed by atoms with Crippen molar-refractivity contribution in [3.63, 3.8) is 0 Å². The van der Waals surface area contributed by atoms with E-state index in [1.807, 2.05) is 4.90 Å². The van der Waals surface area contributed by atoms with E-state index in [2.05, 4.69) is 0 Å². The Morgan fingerprint density at radius 2 is 2.19 bits per heavy atom. The topological polar surface area (TPSA) is 66.6 Å². The predicted octanol–water partition coefficient (Wildman–Crippen LogP) is 2.69. The maximum absolute atomic E-state index is 12.6. The molecule has 4 nitrogen and oxygen atoms in total. The van der Waals surface area contributed by atoms with Crippen molar-refractivity contribution in [2.45, 2.75) is 37.7 Å². The molecule has 5 heteroatoms. The van der Waals surface area contributed by atoms with Crippen molar-refractivity contribution < 1.29 is 9.90 Å². The minimum Gasteiger partial charge on any atom is -0.398 e. The summed E-state index contributed by atoms with van der Waals surface area (Å²) in [5.41, 5.74) is 6.20. The molecule has 1 aliphatic carbocycles. The first kappa shape index (κ1) is 14.7. The van der Waals surface area contributed by atoms with E-state index in [1.54, 1.807) is 18.2 Å². The Balaban J connectivity index is 1.75.